The van der Waals surface area contributed by atoms with E-state index in [1.807, 2.05) is 0 Å². The van der Waals surface area contributed by atoms with Crippen molar-refractivity contribution in [3.05, 3.63) is 59.7 Å². The maximum absolute atomic E-state index is 13.3. The molecule has 5 nitrogen and oxygen atoms in total. The molecule has 0 aliphatic carbocycles. The van der Waals surface area contributed by atoms with E-state index in [2.05, 4.69) is 5.32 Å². The summed E-state index contributed by atoms with van der Waals surface area (Å²) >= 11 is 0. The maximum Gasteiger partial charge on any atom is 0.239 e. The van der Waals surface area contributed by atoms with Crippen molar-refractivity contribution in [2.24, 2.45) is 5.92 Å². The average Bonchev–Trinajstić information content (AvgIpc) is 2.96. The fraction of sp³-hybridized carbons (Fsp3) is 0.222. The summed E-state index contributed by atoms with van der Waals surface area (Å²) in [6.45, 7) is 0.0431. The number of aliphatic hydroxyl groups is 1. The monoisotopic (exact) mass is 346 g/mol. The van der Waals surface area contributed by atoms with E-state index in [-0.39, 0.29) is 25.3 Å². The summed E-state index contributed by atoms with van der Waals surface area (Å²) in [5.41, 5.74) is 1.20. The number of benzene rings is 2. The van der Waals surface area contributed by atoms with Crippen LogP contribution in [-0.4, -0.2) is 23.5 Å². The van der Waals surface area contributed by atoms with Crippen LogP contribution in [0.5, 0.6) is 0 Å². The molecule has 0 aromatic heterocycles. The second-order valence-electron chi connectivity index (χ2n) is 5.81. The van der Waals surface area contributed by atoms with E-state index in [1.165, 1.54) is 4.90 Å². The van der Waals surface area contributed by atoms with Crippen molar-refractivity contribution in [1.82, 2.24) is 0 Å². The first kappa shape index (κ1) is 17.0. The number of nitrogens with zero attached hydrogens (tertiary/aromatic N) is 1. The summed E-state index contributed by atoms with van der Waals surface area (Å²) in [6, 6.07) is 9.49. The predicted octanol–water partition coefficient (Wildman–Crippen LogP) is 2.45. The fourth-order valence-corrected chi connectivity index (χ4v) is 2.85. The lowest BCUT2D eigenvalue weighted by molar-refractivity contribution is -0.129. The summed E-state index contributed by atoms with van der Waals surface area (Å²) in [4.78, 5) is 26.0. The van der Waals surface area contributed by atoms with Gasteiger partial charge < -0.3 is 15.3 Å². The van der Waals surface area contributed by atoms with Gasteiger partial charge in [-0.2, -0.15) is 0 Å². The molecule has 0 saturated carbocycles. The van der Waals surface area contributed by atoms with Crippen molar-refractivity contribution in [2.45, 2.75) is 13.0 Å². The van der Waals surface area contributed by atoms with Gasteiger partial charge in [0.15, 0.2) is 0 Å². The minimum absolute atomic E-state index is 0.0973. The summed E-state index contributed by atoms with van der Waals surface area (Å²) < 4.78 is 26.7. The van der Waals surface area contributed by atoms with Gasteiger partial charge in [0.2, 0.25) is 11.8 Å². The molecule has 1 aliphatic rings. The molecular formula is C18H16F2N2O3. The highest BCUT2D eigenvalue weighted by molar-refractivity contribution is 6.13. The maximum atomic E-state index is 13.3. The smallest absolute Gasteiger partial charge is 0.239 e. The lowest BCUT2D eigenvalue weighted by atomic mass is 10.1. The molecule has 1 unspecified atom stereocenters. The Morgan fingerprint density at radius 1 is 1.20 bits per heavy atom. The topological polar surface area (TPSA) is 69.6 Å². The highest BCUT2D eigenvalue weighted by atomic mass is 19.1. The number of hydrogen-bond acceptors (Lipinski definition) is 3. The fourth-order valence-electron chi connectivity index (χ4n) is 2.85. The van der Waals surface area contributed by atoms with Crippen LogP contribution in [0.25, 0.3) is 0 Å². The van der Waals surface area contributed by atoms with Crippen LogP contribution in [0.2, 0.25) is 0 Å². The molecule has 3 rings (SSSR count). The second-order valence-corrected chi connectivity index (χ2v) is 5.81. The first-order valence-electron chi connectivity index (χ1n) is 7.76. The number of nitrogens with one attached hydrogen (secondary N) is 1. The highest BCUT2D eigenvalue weighted by Crippen LogP contribution is 2.27. The van der Waals surface area contributed by atoms with Crippen molar-refractivity contribution in [3.8, 4) is 0 Å². The minimum Gasteiger partial charge on any atom is -0.392 e. The average molecular weight is 346 g/mol. The molecule has 2 N–H and O–H groups in total. The zero-order chi connectivity index (χ0) is 18.0. The predicted molar refractivity (Wildman–Crippen MR) is 87.8 cm³/mol. The van der Waals surface area contributed by atoms with Crippen LogP contribution < -0.4 is 10.2 Å². The molecule has 0 bridgehead atoms. The van der Waals surface area contributed by atoms with Crippen molar-refractivity contribution in [3.63, 3.8) is 0 Å². The van der Waals surface area contributed by atoms with Gasteiger partial charge in [-0.1, -0.05) is 12.1 Å². The van der Waals surface area contributed by atoms with E-state index in [0.29, 0.717) is 11.3 Å². The Kier molecular flexibility index (Phi) is 4.76. The van der Waals surface area contributed by atoms with Gasteiger partial charge in [0.1, 0.15) is 17.6 Å². The molecule has 0 spiro atoms. The number of amides is 2. The van der Waals surface area contributed by atoms with Gasteiger partial charge in [0, 0.05) is 24.0 Å². The molecule has 2 aromatic carbocycles. The van der Waals surface area contributed by atoms with Crippen molar-refractivity contribution in [1.29, 1.82) is 0 Å². The van der Waals surface area contributed by atoms with E-state index >= 15 is 0 Å². The van der Waals surface area contributed by atoms with E-state index in [4.69, 9.17) is 5.11 Å². The third kappa shape index (κ3) is 3.66. The van der Waals surface area contributed by atoms with Gasteiger partial charge in [0.25, 0.3) is 0 Å². The normalized spacial score (nSPS) is 17.0. The number of halogens is 2. The molecule has 1 saturated heterocycles. The van der Waals surface area contributed by atoms with Gasteiger partial charge >= 0.3 is 0 Å². The Balaban J connectivity index is 1.73. The number of carbonyl (C=O) groups is 2. The largest absolute Gasteiger partial charge is 0.392 e. The van der Waals surface area contributed by atoms with E-state index in [1.54, 1.807) is 24.3 Å². The molecule has 1 aliphatic heterocycles. The standard InChI is InChI=1S/C18H16F2N2O3/c19-12-7-13(20)9-15(8-12)22-5-4-16(18(22)25)17(24)21-14-3-1-2-11(6-14)10-23/h1-3,6-9,16,23H,4-5,10H2,(H,21,24). The molecule has 0 radical (unpaired) electrons. The van der Waals surface area contributed by atoms with Crippen LogP contribution in [0, 0.1) is 17.6 Å². The number of anilines is 2. The van der Waals surface area contributed by atoms with Crippen molar-refractivity contribution < 1.29 is 23.5 Å². The van der Waals surface area contributed by atoms with Gasteiger partial charge in [-0.25, -0.2) is 8.78 Å². The lowest BCUT2D eigenvalue weighted by Crippen LogP contribution is -2.33. The van der Waals surface area contributed by atoms with Gasteiger partial charge in [-0.3, -0.25) is 9.59 Å². The first-order chi connectivity index (χ1) is 12.0. The molecule has 25 heavy (non-hydrogen) atoms. The molecule has 7 heteroatoms. The van der Waals surface area contributed by atoms with Crippen LogP contribution in [-0.2, 0) is 16.2 Å². The second kappa shape index (κ2) is 6.98. The summed E-state index contributed by atoms with van der Waals surface area (Å²) in [6.07, 6.45) is 0.252. The van der Waals surface area contributed by atoms with Crippen LogP contribution in [0.4, 0.5) is 20.2 Å². The molecule has 1 atom stereocenters. The summed E-state index contributed by atoms with van der Waals surface area (Å²) in [7, 11) is 0. The zero-order valence-electron chi connectivity index (χ0n) is 13.2. The molecular weight excluding hydrogens is 330 g/mol. The summed E-state index contributed by atoms with van der Waals surface area (Å²) in [5, 5.41) is 11.8. The summed E-state index contributed by atoms with van der Waals surface area (Å²) in [5.74, 6) is -3.47. The Labute approximate surface area is 142 Å². The Bertz CT molecular complexity index is 805. The van der Waals surface area contributed by atoms with E-state index in [9.17, 15) is 18.4 Å². The third-order valence-electron chi connectivity index (χ3n) is 4.06. The minimum atomic E-state index is -0.927. The molecule has 1 fully saturated rings. The van der Waals surface area contributed by atoms with Crippen molar-refractivity contribution >= 4 is 23.2 Å². The highest BCUT2D eigenvalue weighted by Gasteiger charge is 2.37. The van der Waals surface area contributed by atoms with Crippen molar-refractivity contribution in [2.75, 3.05) is 16.8 Å². The molecule has 1 heterocycles. The molecule has 2 amide bonds. The molecule has 2 aromatic rings. The first-order valence-corrected chi connectivity index (χ1v) is 7.76. The lowest BCUT2D eigenvalue weighted by Gasteiger charge is -2.17. The van der Waals surface area contributed by atoms with Crippen LogP contribution in [0.3, 0.4) is 0 Å². The number of rotatable bonds is 4. The number of hydrogen-bond donors (Lipinski definition) is 2. The SMILES string of the molecule is O=C(Nc1cccc(CO)c1)C1CCN(c2cc(F)cc(F)c2)C1=O. The van der Waals surface area contributed by atoms with Crippen LogP contribution >= 0.6 is 0 Å². The van der Waals surface area contributed by atoms with E-state index in [0.717, 1.165) is 18.2 Å². The Morgan fingerprint density at radius 2 is 1.92 bits per heavy atom. The Hall–Kier alpha value is -2.80. The van der Waals surface area contributed by atoms with Crippen LogP contribution in [0.15, 0.2) is 42.5 Å². The molecule has 130 valence electrons. The number of carbonyl (C=O) groups excluding carboxylic acids is 2. The third-order valence-corrected chi connectivity index (χ3v) is 4.06. The van der Waals surface area contributed by atoms with Gasteiger partial charge in [0.05, 0.1) is 6.61 Å². The van der Waals surface area contributed by atoms with Gasteiger partial charge in [-0.15, -0.1) is 0 Å². The Morgan fingerprint density at radius 3 is 2.60 bits per heavy atom. The van der Waals surface area contributed by atoms with Gasteiger partial charge in [-0.05, 0) is 36.2 Å². The quantitative estimate of drug-likeness (QED) is 0.836. The van der Waals surface area contributed by atoms with Crippen LogP contribution in [0.1, 0.15) is 12.0 Å². The number of aliphatic hydroxyl groups excluding tert-OH is 1. The zero-order valence-corrected chi connectivity index (χ0v) is 13.2. The van der Waals surface area contributed by atoms with E-state index < -0.39 is 29.4 Å².